The minimum Gasteiger partial charge on any atom is -0.507 e. The lowest BCUT2D eigenvalue weighted by molar-refractivity contribution is -0.126. The summed E-state index contributed by atoms with van der Waals surface area (Å²) in [6.45, 7) is 6.32. The Morgan fingerprint density at radius 3 is 1.48 bits per heavy atom. The monoisotopic (exact) mass is 722 g/mol. The molecule has 0 aliphatic carbocycles. The highest BCUT2D eigenvalue weighted by Gasteiger charge is 2.19. The highest BCUT2D eigenvalue weighted by Crippen LogP contribution is 2.26. The summed E-state index contributed by atoms with van der Waals surface area (Å²) in [7, 11) is 0. The topological polar surface area (TPSA) is 157 Å². The Balaban J connectivity index is 1.62. The number of rotatable bonds is 26. The number of hydrogen-bond donors (Lipinski definition) is 6. The second-order valence-corrected chi connectivity index (χ2v) is 14.0. The maximum atomic E-state index is 12.8. The minimum atomic E-state index is -0.545. The summed E-state index contributed by atoms with van der Waals surface area (Å²) >= 11 is 0. The molecule has 0 radical (unpaired) electrons. The van der Waals surface area contributed by atoms with E-state index in [1.807, 2.05) is 19.1 Å². The fourth-order valence-corrected chi connectivity index (χ4v) is 6.42. The summed E-state index contributed by atoms with van der Waals surface area (Å²) in [6.07, 6.45) is 20.9. The summed E-state index contributed by atoms with van der Waals surface area (Å²) in [6, 6.07) is 10.3. The fraction of sp³-hybridized carbons (Fsp3) is 0.619. The van der Waals surface area contributed by atoms with E-state index in [9.17, 15) is 29.4 Å². The molecule has 0 aliphatic heterocycles. The van der Waals surface area contributed by atoms with Gasteiger partial charge in [-0.3, -0.25) is 40.9 Å². The zero-order valence-corrected chi connectivity index (χ0v) is 32.1. The van der Waals surface area contributed by atoms with Crippen LogP contribution in [0.3, 0.4) is 0 Å². The van der Waals surface area contributed by atoms with Crippen LogP contribution in [0.25, 0.3) is 0 Å². The first-order valence-electron chi connectivity index (χ1n) is 20.0. The standard InChI is InChI=1S/C42H66N4O6/c1-4-7-9-11-14-19-25-33-27-22-29-35(38(33)48)41(51)45-43-37(47)31-21-17-13-16-18-24-32(6-3)40(50)44-46-42(52)36-30-23-28-34(39(36)49)26-20-15-12-10-8-5-2/h22-23,27-30,32,48-49H,4-21,24-26,31H2,1-3H3,(H,43,47)(H,44,50)(H,45,51)(H,46,52). The van der Waals surface area contributed by atoms with Crippen molar-refractivity contribution in [3.63, 3.8) is 0 Å². The van der Waals surface area contributed by atoms with Gasteiger partial charge in [0.2, 0.25) is 11.8 Å². The molecule has 2 rings (SSSR count). The third-order valence-electron chi connectivity index (χ3n) is 9.76. The lowest BCUT2D eigenvalue weighted by Gasteiger charge is -2.16. The van der Waals surface area contributed by atoms with Gasteiger partial charge < -0.3 is 10.2 Å². The molecule has 4 amide bonds. The molecule has 52 heavy (non-hydrogen) atoms. The molecule has 6 N–H and O–H groups in total. The van der Waals surface area contributed by atoms with Crippen LogP contribution < -0.4 is 21.7 Å². The van der Waals surface area contributed by atoms with Crippen LogP contribution in [0.5, 0.6) is 11.5 Å². The van der Waals surface area contributed by atoms with Crippen molar-refractivity contribution in [2.45, 2.75) is 162 Å². The smallest absolute Gasteiger partial charge is 0.273 e. The van der Waals surface area contributed by atoms with Gasteiger partial charge in [-0.15, -0.1) is 0 Å². The molecule has 10 heteroatoms. The SMILES string of the molecule is CCCCCCCCc1cccc(C(=O)NNC(=O)CCCCCCCC(CC)C(=O)NNC(=O)c2cccc(CCCCCCCC)c2O)c1O. The minimum absolute atomic E-state index is 0.0306. The van der Waals surface area contributed by atoms with E-state index in [1.165, 1.54) is 51.4 Å². The van der Waals surface area contributed by atoms with Crippen molar-refractivity contribution in [1.82, 2.24) is 21.7 Å². The van der Waals surface area contributed by atoms with Crippen LogP contribution in [-0.4, -0.2) is 33.8 Å². The molecule has 0 aromatic heterocycles. The number of amides is 4. The number of para-hydroxylation sites is 2. The Labute approximate surface area is 312 Å². The van der Waals surface area contributed by atoms with Gasteiger partial charge in [0.25, 0.3) is 11.8 Å². The van der Waals surface area contributed by atoms with E-state index in [2.05, 4.69) is 35.6 Å². The zero-order chi connectivity index (χ0) is 38.0. The van der Waals surface area contributed by atoms with Gasteiger partial charge in [-0.2, -0.15) is 0 Å². The molecule has 0 spiro atoms. The molecule has 0 saturated heterocycles. The molecule has 1 unspecified atom stereocenters. The largest absolute Gasteiger partial charge is 0.507 e. The van der Waals surface area contributed by atoms with Crippen molar-refractivity contribution in [3.05, 3.63) is 58.7 Å². The molecule has 0 saturated carbocycles. The first-order valence-corrected chi connectivity index (χ1v) is 20.0. The third-order valence-corrected chi connectivity index (χ3v) is 9.76. The van der Waals surface area contributed by atoms with Crippen LogP contribution in [-0.2, 0) is 22.4 Å². The molecule has 10 nitrogen and oxygen atoms in total. The first-order chi connectivity index (χ1) is 25.2. The number of aryl methyl sites for hydroxylation is 2. The van der Waals surface area contributed by atoms with E-state index in [4.69, 9.17) is 0 Å². The first kappa shape index (κ1) is 44.1. The van der Waals surface area contributed by atoms with Gasteiger partial charge in [-0.25, -0.2) is 0 Å². The van der Waals surface area contributed by atoms with Gasteiger partial charge in [0.1, 0.15) is 11.5 Å². The predicted molar refractivity (Wildman–Crippen MR) is 208 cm³/mol. The Morgan fingerprint density at radius 1 is 0.538 bits per heavy atom. The third kappa shape index (κ3) is 17.0. The zero-order valence-electron chi connectivity index (χ0n) is 32.1. The molecule has 2 aromatic rings. The second kappa shape index (κ2) is 26.7. The Bertz CT molecular complexity index is 1360. The average molecular weight is 723 g/mol. The van der Waals surface area contributed by atoms with E-state index in [1.54, 1.807) is 24.3 Å². The van der Waals surface area contributed by atoms with Crippen LogP contribution in [0.2, 0.25) is 0 Å². The van der Waals surface area contributed by atoms with Crippen molar-refractivity contribution in [1.29, 1.82) is 0 Å². The van der Waals surface area contributed by atoms with Gasteiger partial charge in [-0.1, -0.05) is 135 Å². The molecule has 290 valence electrons. The lowest BCUT2D eigenvalue weighted by Crippen LogP contribution is -2.44. The molecule has 0 aliphatic rings. The predicted octanol–water partition coefficient (Wildman–Crippen LogP) is 8.88. The normalized spacial score (nSPS) is 11.5. The van der Waals surface area contributed by atoms with Crippen LogP contribution in [0.15, 0.2) is 36.4 Å². The van der Waals surface area contributed by atoms with Crippen molar-refractivity contribution in [2.24, 2.45) is 5.92 Å². The highest BCUT2D eigenvalue weighted by atomic mass is 16.3. The number of nitrogens with one attached hydrogen (secondary N) is 4. The number of carbonyl (C=O) groups is 4. The molecular weight excluding hydrogens is 656 g/mol. The number of benzene rings is 2. The van der Waals surface area contributed by atoms with Crippen molar-refractivity contribution in [3.8, 4) is 11.5 Å². The summed E-state index contributed by atoms with van der Waals surface area (Å²) in [4.78, 5) is 50.5. The molecule has 2 aromatic carbocycles. The van der Waals surface area contributed by atoms with E-state index in [0.717, 1.165) is 62.5 Å². The van der Waals surface area contributed by atoms with Crippen LogP contribution in [0, 0.1) is 5.92 Å². The number of aromatic hydroxyl groups is 2. The van der Waals surface area contributed by atoms with Crippen molar-refractivity contribution in [2.75, 3.05) is 0 Å². The molecule has 0 fully saturated rings. The average Bonchev–Trinajstić information content (AvgIpc) is 3.14. The fourth-order valence-electron chi connectivity index (χ4n) is 6.42. The van der Waals surface area contributed by atoms with Crippen molar-refractivity contribution >= 4 is 23.6 Å². The number of phenolic OH excluding ortho intramolecular Hbond substituents is 2. The lowest BCUT2D eigenvalue weighted by atomic mass is 9.97. The molecule has 0 bridgehead atoms. The summed E-state index contributed by atoms with van der Waals surface area (Å²) < 4.78 is 0. The van der Waals surface area contributed by atoms with Crippen LogP contribution >= 0.6 is 0 Å². The maximum Gasteiger partial charge on any atom is 0.273 e. The van der Waals surface area contributed by atoms with Crippen LogP contribution in [0.1, 0.15) is 181 Å². The molecule has 1 atom stereocenters. The van der Waals surface area contributed by atoms with E-state index in [-0.39, 0.29) is 46.8 Å². The number of carbonyl (C=O) groups excluding carboxylic acids is 4. The van der Waals surface area contributed by atoms with Crippen molar-refractivity contribution < 1.29 is 29.4 Å². The summed E-state index contributed by atoms with van der Waals surface area (Å²) in [5, 5.41) is 21.3. The Kier molecular flexibility index (Phi) is 22.6. The number of hydrogen-bond acceptors (Lipinski definition) is 6. The van der Waals surface area contributed by atoms with E-state index < -0.39 is 11.8 Å². The van der Waals surface area contributed by atoms with E-state index in [0.29, 0.717) is 32.1 Å². The molecule has 0 heterocycles. The number of phenols is 2. The Morgan fingerprint density at radius 2 is 0.981 bits per heavy atom. The number of unbranched alkanes of at least 4 members (excludes halogenated alkanes) is 14. The summed E-state index contributed by atoms with van der Waals surface area (Å²) in [5.74, 6) is -1.95. The van der Waals surface area contributed by atoms with Gasteiger partial charge in [0.05, 0.1) is 11.1 Å². The van der Waals surface area contributed by atoms with Gasteiger partial charge in [0, 0.05) is 12.3 Å². The van der Waals surface area contributed by atoms with Gasteiger partial charge in [0.15, 0.2) is 0 Å². The van der Waals surface area contributed by atoms with E-state index >= 15 is 0 Å². The summed E-state index contributed by atoms with van der Waals surface area (Å²) in [5.41, 5.74) is 11.7. The van der Waals surface area contributed by atoms with Gasteiger partial charge in [-0.05, 0) is 68.2 Å². The van der Waals surface area contributed by atoms with Crippen LogP contribution in [0.4, 0.5) is 0 Å². The Hall–Kier alpha value is -4.08. The van der Waals surface area contributed by atoms with Gasteiger partial charge >= 0.3 is 0 Å². The highest BCUT2D eigenvalue weighted by molar-refractivity contribution is 5.98. The molecular formula is C42H66N4O6. The maximum absolute atomic E-state index is 12.8. The number of hydrazine groups is 2. The second-order valence-electron chi connectivity index (χ2n) is 14.0. The quantitative estimate of drug-likeness (QED) is 0.0421.